The molecule has 206 valence electrons. The van der Waals surface area contributed by atoms with E-state index < -0.39 is 49.5 Å². The molecule has 0 saturated carbocycles. The number of carbonyl (C=O) groups is 1. The zero-order valence-corrected chi connectivity index (χ0v) is 21.6. The Kier molecular flexibility index (Phi) is 17.4. The molecule has 0 aromatic heterocycles. The lowest BCUT2D eigenvalue weighted by molar-refractivity contribution is -0.302. The molecule has 7 atom stereocenters. The molecule has 6 N–H and O–H groups in total. The number of aliphatic hydroxyl groups excluding tert-OH is 5. The number of nitrogens with one attached hydrogen (secondary N) is 1. The lowest BCUT2D eigenvalue weighted by Gasteiger charge is -2.40. The van der Waals surface area contributed by atoms with Crippen molar-refractivity contribution in [1.29, 1.82) is 0 Å². The molecule has 1 amide bonds. The summed E-state index contributed by atoms with van der Waals surface area (Å²) >= 11 is 0. The Morgan fingerprint density at radius 2 is 1.57 bits per heavy atom. The van der Waals surface area contributed by atoms with E-state index in [1.54, 1.807) is 6.08 Å². The molecule has 0 aromatic rings. The van der Waals surface area contributed by atoms with Gasteiger partial charge < -0.3 is 40.3 Å². The number of allylic oxidation sites excluding steroid dienone is 1. The monoisotopic (exact) mass is 503 g/mol. The van der Waals surface area contributed by atoms with E-state index in [2.05, 4.69) is 19.2 Å². The molecule has 9 nitrogen and oxygen atoms in total. The molecule has 1 saturated heterocycles. The average molecular weight is 504 g/mol. The van der Waals surface area contributed by atoms with E-state index in [1.165, 1.54) is 19.3 Å². The van der Waals surface area contributed by atoms with Crippen LogP contribution in [0.5, 0.6) is 0 Å². The molecule has 1 fully saturated rings. The van der Waals surface area contributed by atoms with E-state index in [4.69, 9.17) is 9.47 Å². The summed E-state index contributed by atoms with van der Waals surface area (Å²) in [6.07, 6.45) is 7.51. The highest BCUT2D eigenvalue weighted by Crippen LogP contribution is 2.22. The highest BCUT2D eigenvalue weighted by atomic mass is 16.7. The van der Waals surface area contributed by atoms with Crippen LogP contribution in [-0.4, -0.2) is 87.5 Å². The molecular weight excluding hydrogens is 454 g/mol. The standard InChI is InChI=1S/C26H49NO8/c1-3-5-7-9-10-12-13-15-20(29)19(27-22(30)16-14-11-8-6-4-2)18-34-26-25(33)24(32)23(31)21(17-28)35-26/h13,15,19-21,23-26,28-29,31-33H,3-12,14,16-18H2,1-2H3,(H,27,30)/b15-13+. The smallest absolute Gasteiger partial charge is 0.220 e. The number of ether oxygens (including phenoxy) is 2. The Hall–Kier alpha value is -1.07. The van der Waals surface area contributed by atoms with Crippen molar-refractivity contribution in [2.24, 2.45) is 0 Å². The SMILES string of the molecule is CCCCCCC/C=C/C(O)C(COC1OC(CO)C(O)C(O)C1O)NC(=O)CCCCCCC. The first-order valence-corrected chi connectivity index (χ1v) is 13.4. The second kappa shape index (κ2) is 19.1. The van der Waals surface area contributed by atoms with E-state index in [0.29, 0.717) is 6.42 Å². The Balaban J connectivity index is 2.66. The summed E-state index contributed by atoms with van der Waals surface area (Å²) < 4.78 is 11.0. The van der Waals surface area contributed by atoms with Gasteiger partial charge in [0.2, 0.25) is 5.91 Å². The minimum absolute atomic E-state index is 0.188. The summed E-state index contributed by atoms with van der Waals surface area (Å²) in [6, 6.07) is -0.790. The van der Waals surface area contributed by atoms with Gasteiger partial charge in [0.15, 0.2) is 6.29 Å². The molecule has 0 aromatic carbocycles. The lowest BCUT2D eigenvalue weighted by atomic mass is 9.99. The summed E-state index contributed by atoms with van der Waals surface area (Å²) in [5.41, 5.74) is 0. The minimum atomic E-state index is -1.56. The number of carbonyl (C=O) groups excluding carboxylic acids is 1. The molecule has 7 unspecified atom stereocenters. The molecule has 0 spiro atoms. The van der Waals surface area contributed by atoms with Gasteiger partial charge in [-0.1, -0.05) is 77.4 Å². The van der Waals surface area contributed by atoms with Gasteiger partial charge in [-0.05, 0) is 19.3 Å². The maximum Gasteiger partial charge on any atom is 0.220 e. The molecule has 1 aliphatic rings. The maximum absolute atomic E-state index is 12.5. The van der Waals surface area contributed by atoms with E-state index >= 15 is 0 Å². The minimum Gasteiger partial charge on any atom is -0.394 e. The molecule has 1 rings (SSSR count). The second-order valence-electron chi connectivity index (χ2n) is 9.49. The molecule has 1 heterocycles. The van der Waals surface area contributed by atoms with E-state index in [9.17, 15) is 30.3 Å². The summed E-state index contributed by atoms with van der Waals surface area (Å²) in [7, 11) is 0. The number of hydrogen-bond acceptors (Lipinski definition) is 8. The van der Waals surface area contributed by atoms with Crippen molar-refractivity contribution in [3.63, 3.8) is 0 Å². The topological polar surface area (TPSA) is 149 Å². The number of aliphatic hydroxyl groups is 5. The van der Waals surface area contributed by atoms with Gasteiger partial charge in [0.25, 0.3) is 0 Å². The summed E-state index contributed by atoms with van der Waals surface area (Å²) in [5.74, 6) is -0.198. The maximum atomic E-state index is 12.5. The van der Waals surface area contributed by atoms with Crippen LogP contribution in [0.2, 0.25) is 0 Å². The van der Waals surface area contributed by atoms with Crippen LogP contribution in [0, 0.1) is 0 Å². The first kappa shape index (κ1) is 32.0. The molecular formula is C26H49NO8. The summed E-state index contributed by atoms with van der Waals surface area (Å²) in [5, 5.41) is 53.0. The largest absolute Gasteiger partial charge is 0.394 e. The lowest BCUT2D eigenvalue weighted by Crippen LogP contribution is -2.60. The van der Waals surface area contributed by atoms with Crippen molar-refractivity contribution in [1.82, 2.24) is 5.32 Å². The van der Waals surface area contributed by atoms with Crippen LogP contribution in [0.25, 0.3) is 0 Å². The average Bonchev–Trinajstić information content (AvgIpc) is 2.85. The molecule has 0 bridgehead atoms. The molecule has 0 radical (unpaired) electrons. The van der Waals surface area contributed by atoms with Crippen LogP contribution in [0.15, 0.2) is 12.2 Å². The molecule has 1 aliphatic heterocycles. The van der Waals surface area contributed by atoms with E-state index in [0.717, 1.165) is 51.4 Å². The van der Waals surface area contributed by atoms with Crippen molar-refractivity contribution in [2.75, 3.05) is 13.2 Å². The highest BCUT2D eigenvalue weighted by Gasteiger charge is 2.44. The fourth-order valence-electron chi connectivity index (χ4n) is 4.03. The first-order chi connectivity index (χ1) is 16.8. The van der Waals surface area contributed by atoms with Crippen LogP contribution >= 0.6 is 0 Å². The molecule has 0 aliphatic carbocycles. The number of hydrogen-bond donors (Lipinski definition) is 6. The van der Waals surface area contributed by atoms with Gasteiger partial charge in [-0.3, -0.25) is 4.79 Å². The van der Waals surface area contributed by atoms with E-state index in [-0.39, 0.29) is 12.5 Å². The van der Waals surface area contributed by atoms with Gasteiger partial charge in [0.1, 0.15) is 24.4 Å². The fourth-order valence-corrected chi connectivity index (χ4v) is 4.03. The van der Waals surface area contributed by atoms with Crippen molar-refractivity contribution in [3.05, 3.63) is 12.2 Å². The zero-order valence-electron chi connectivity index (χ0n) is 21.6. The number of amides is 1. The Labute approximate surface area is 210 Å². The van der Waals surface area contributed by atoms with Crippen LogP contribution < -0.4 is 5.32 Å². The van der Waals surface area contributed by atoms with Gasteiger partial charge in [-0.25, -0.2) is 0 Å². The van der Waals surface area contributed by atoms with Gasteiger partial charge >= 0.3 is 0 Å². The Morgan fingerprint density at radius 1 is 0.943 bits per heavy atom. The predicted octanol–water partition coefficient (Wildman–Crippen LogP) is 1.93. The summed E-state index contributed by atoms with van der Waals surface area (Å²) in [6.45, 7) is 3.55. The van der Waals surface area contributed by atoms with Gasteiger partial charge in [0, 0.05) is 6.42 Å². The normalized spacial score (nSPS) is 26.7. The van der Waals surface area contributed by atoms with Crippen LogP contribution in [-0.2, 0) is 14.3 Å². The predicted molar refractivity (Wildman–Crippen MR) is 134 cm³/mol. The third kappa shape index (κ3) is 12.6. The van der Waals surface area contributed by atoms with E-state index in [1.807, 2.05) is 6.08 Å². The fraction of sp³-hybridized carbons (Fsp3) is 0.885. The van der Waals surface area contributed by atoms with Crippen molar-refractivity contribution in [3.8, 4) is 0 Å². The Bertz CT molecular complexity index is 574. The van der Waals surface area contributed by atoms with Gasteiger partial charge in [0.05, 0.1) is 25.4 Å². The van der Waals surface area contributed by atoms with Crippen molar-refractivity contribution >= 4 is 5.91 Å². The summed E-state index contributed by atoms with van der Waals surface area (Å²) in [4.78, 5) is 12.5. The molecule has 9 heteroatoms. The van der Waals surface area contributed by atoms with Crippen LogP contribution in [0.4, 0.5) is 0 Å². The van der Waals surface area contributed by atoms with Crippen molar-refractivity contribution < 1.29 is 39.8 Å². The highest BCUT2D eigenvalue weighted by molar-refractivity contribution is 5.76. The van der Waals surface area contributed by atoms with Gasteiger partial charge in [-0.2, -0.15) is 0 Å². The molecule has 35 heavy (non-hydrogen) atoms. The number of unbranched alkanes of at least 4 members (excludes halogenated alkanes) is 9. The number of rotatable bonds is 19. The third-order valence-corrected chi connectivity index (χ3v) is 6.36. The van der Waals surface area contributed by atoms with Crippen LogP contribution in [0.1, 0.15) is 90.9 Å². The van der Waals surface area contributed by atoms with Crippen molar-refractivity contribution in [2.45, 2.75) is 134 Å². The quantitative estimate of drug-likeness (QED) is 0.116. The van der Waals surface area contributed by atoms with Gasteiger partial charge in [-0.15, -0.1) is 0 Å². The first-order valence-electron chi connectivity index (χ1n) is 13.4. The zero-order chi connectivity index (χ0) is 26.1. The Morgan fingerprint density at radius 3 is 2.20 bits per heavy atom. The third-order valence-electron chi connectivity index (χ3n) is 6.36. The van der Waals surface area contributed by atoms with Crippen LogP contribution in [0.3, 0.4) is 0 Å². The second-order valence-corrected chi connectivity index (χ2v) is 9.49.